The third kappa shape index (κ3) is 5.00. The lowest BCUT2D eigenvalue weighted by molar-refractivity contribution is 0.0668. The molecule has 1 fully saturated rings. The fourth-order valence-corrected chi connectivity index (χ4v) is 3.79. The highest BCUT2D eigenvalue weighted by molar-refractivity contribution is 5.92. The molecule has 3 aromatic rings. The maximum atomic E-state index is 11.8. The van der Waals surface area contributed by atoms with Crippen molar-refractivity contribution in [3.63, 3.8) is 0 Å². The van der Waals surface area contributed by atoms with Crippen LogP contribution in [0.2, 0.25) is 0 Å². The van der Waals surface area contributed by atoms with E-state index in [2.05, 4.69) is 27.4 Å². The molecule has 1 aliphatic heterocycles. The number of carbonyl (C=O) groups excluding carboxylic acids is 1. The van der Waals surface area contributed by atoms with Gasteiger partial charge in [0.25, 0.3) is 0 Å². The number of benzene rings is 2. The summed E-state index contributed by atoms with van der Waals surface area (Å²) in [7, 11) is 3.10. The van der Waals surface area contributed by atoms with Crippen LogP contribution in [-0.4, -0.2) is 49.3 Å². The van der Waals surface area contributed by atoms with Crippen LogP contribution in [-0.2, 0) is 4.84 Å². The molecule has 1 N–H and O–H groups in total. The summed E-state index contributed by atoms with van der Waals surface area (Å²) in [6, 6.07) is 15.9. The lowest BCUT2D eigenvalue weighted by Gasteiger charge is -2.31. The highest BCUT2D eigenvalue weighted by atomic mass is 35.5. The van der Waals surface area contributed by atoms with E-state index in [9.17, 15) is 4.79 Å². The van der Waals surface area contributed by atoms with Gasteiger partial charge in [0.15, 0.2) is 5.75 Å². The van der Waals surface area contributed by atoms with Gasteiger partial charge in [0.2, 0.25) is 0 Å². The van der Waals surface area contributed by atoms with Crippen molar-refractivity contribution in [3.05, 3.63) is 54.7 Å². The Morgan fingerprint density at radius 1 is 1.06 bits per heavy atom. The number of hydroxylamine groups is 1. The van der Waals surface area contributed by atoms with Crippen molar-refractivity contribution in [1.29, 1.82) is 0 Å². The first-order valence-corrected chi connectivity index (χ1v) is 9.96. The van der Waals surface area contributed by atoms with Gasteiger partial charge in [-0.3, -0.25) is 9.82 Å². The lowest BCUT2D eigenvalue weighted by atomic mass is 10.0. The molecule has 164 valence electrons. The van der Waals surface area contributed by atoms with Crippen molar-refractivity contribution in [2.45, 2.75) is 18.9 Å². The summed E-state index contributed by atoms with van der Waals surface area (Å²) < 4.78 is 11.8. The Kier molecular flexibility index (Phi) is 7.55. The number of nitrogens with one attached hydrogen (secondary N) is 1. The summed E-state index contributed by atoms with van der Waals surface area (Å²) in [4.78, 5) is 22.7. The van der Waals surface area contributed by atoms with Crippen molar-refractivity contribution in [2.75, 3.05) is 27.3 Å². The molecule has 1 saturated heterocycles. The molecule has 0 atom stereocenters. The number of carbonyl (C=O) groups is 1. The average molecular weight is 444 g/mol. The highest BCUT2D eigenvalue weighted by Gasteiger charge is 2.24. The van der Waals surface area contributed by atoms with E-state index in [1.54, 1.807) is 18.2 Å². The smallest absolute Gasteiger partial charge is 0.341 e. The van der Waals surface area contributed by atoms with Crippen molar-refractivity contribution < 1.29 is 19.1 Å². The fraction of sp³-hybridized carbons (Fsp3) is 0.304. The van der Waals surface area contributed by atoms with E-state index in [0.717, 1.165) is 46.4 Å². The van der Waals surface area contributed by atoms with E-state index in [-0.39, 0.29) is 24.5 Å². The number of piperidine rings is 1. The van der Waals surface area contributed by atoms with Gasteiger partial charge >= 0.3 is 6.03 Å². The molecule has 0 aliphatic carbocycles. The van der Waals surface area contributed by atoms with Crippen LogP contribution in [0.25, 0.3) is 22.0 Å². The van der Waals surface area contributed by atoms with E-state index in [4.69, 9.17) is 9.47 Å². The standard InChI is InChI=1S/C23H25N3O4.ClH/c1-28-22-20(10-7-17-4-3-13-24-21(17)22)16-5-8-18(9-6-16)30-19-11-14-26(15-12-19)23(27)25-29-2;/h3-10,13,19H,11-12,14-15H2,1-2H3,(H,25,27);1H. The molecule has 0 bridgehead atoms. The SMILES string of the molecule is CONC(=O)N1CCC(Oc2ccc(-c3ccc4cccnc4c3OC)cc2)CC1.Cl. The van der Waals surface area contributed by atoms with Crippen molar-refractivity contribution in [1.82, 2.24) is 15.4 Å². The largest absolute Gasteiger partial charge is 0.494 e. The summed E-state index contributed by atoms with van der Waals surface area (Å²) in [5.41, 5.74) is 5.24. The summed E-state index contributed by atoms with van der Waals surface area (Å²) in [6.45, 7) is 1.28. The number of methoxy groups -OCH3 is 1. The number of amides is 2. The van der Waals surface area contributed by atoms with E-state index in [1.807, 2.05) is 36.4 Å². The number of pyridine rings is 1. The number of fused-ring (bicyclic) bond motifs is 1. The molecule has 7 nitrogen and oxygen atoms in total. The number of ether oxygens (including phenoxy) is 2. The Morgan fingerprint density at radius 3 is 2.48 bits per heavy atom. The third-order valence-corrected chi connectivity index (χ3v) is 5.32. The van der Waals surface area contributed by atoms with Gasteiger partial charge in [-0.2, -0.15) is 0 Å². The van der Waals surface area contributed by atoms with Crippen LogP contribution in [0.1, 0.15) is 12.8 Å². The van der Waals surface area contributed by atoms with Gasteiger partial charge in [0.1, 0.15) is 17.4 Å². The van der Waals surface area contributed by atoms with Gasteiger partial charge in [-0.05, 0) is 29.8 Å². The first-order valence-electron chi connectivity index (χ1n) is 9.96. The maximum absolute atomic E-state index is 11.8. The minimum Gasteiger partial charge on any atom is -0.494 e. The van der Waals surface area contributed by atoms with Crippen LogP contribution in [0.15, 0.2) is 54.7 Å². The molecule has 2 amide bonds. The Morgan fingerprint density at radius 2 is 1.81 bits per heavy atom. The number of urea groups is 1. The van der Waals surface area contributed by atoms with Crippen LogP contribution < -0.4 is 15.0 Å². The first kappa shape index (κ1) is 22.7. The Hall–Kier alpha value is -3.03. The van der Waals surface area contributed by atoms with E-state index >= 15 is 0 Å². The molecule has 0 saturated carbocycles. The molecule has 0 spiro atoms. The maximum Gasteiger partial charge on any atom is 0.341 e. The molecular weight excluding hydrogens is 418 g/mol. The molecule has 4 rings (SSSR count). The van der Waals surface area contributed by atoms with E-state index < -0.39 is 0 Å². The van der Waals surface area contributed by atoms with E-state index in [0.29, 0.717) is 13.1 Å². The second kappa shape index (κ2) is 10.3. The van der Waals surface area contributed by atoms with Gasteiger partial charge in [0.05, 0.1) is 14.2 Å². The van der Waals surface area contributed by atoms with Gasteiger partial charge in [-0.15, -0.1) is 12.4 Å². The quantitative estimate of drug-likeness (QED) is 0.590. The number of hydrogen-bond acceptors (Lipinski definition) is 5. The monoisotopic (exact) mass is 443 g/mol. The second-order valence-corrected chi connectivity index (χ2v) is 7.16. The number of aromatic nitrogens is 1. The van der Waals surface area contributed by atoms with Gasteiger partial charge in [-0.25, -0.2) is 10.3 Å². The zero-order valence-electron chi connectivity index (χ0n) is 17.5. The Balaban J connectivity index is 0.00000272. The first-order chi connectivity index (χ1) is 14.7. The number of likely N-dealkylation sites (tertiary alicyclic amines) is 1. The number of rotatable bonds is 5. The molecule has 2 heterocycles. The summed E-state index contributed by atoms with van der Waals surface area (Å²) in [6.07, 6.45) is 3.42. The predicted molar refractivity (Wildman–Crippen MR) is 122 cm³/mol. The van der Waals surface area contributed by atoms with Crippen molar-refractivity contribution in [3.8, 4) is 22.6 Å². The minimum atomic E-state index is -0.209. The van der Waals surface area contributed by atoms with Crippen molar-refractivity contribution in [2.24, 2.45) is 0 Å². The Labute approximate surface area is 187 Å². The van der Waals surface area contributed by atoms with Gasteiger partial charge < -0.3 is 14.4 Å². The molecule has 2 aromatic carbocycles. The molecule has 0 radical (unpaired) electrons. The normalized spacial score (nSPS) is 14.1. The molecule has 31 heavy (non-hydrogen) atoms. The topological polar surface area (TPSA) is 72.9 Å². The summed E-state index contributed by atoms with van der Waals surface area (Å²) >= 11 is 0. The number of nitrogens with zero attached hydrogens (tertiary/aromatic N) is 2. The summed E-state index contributed by atoms with van der Waals surface area (Å²) in [5.74, 6) is 1.58. The van der Waals surface area contributed by atoms with Crippen LogP contribution >= 0.6 is 12.4 Å². The van der Waals surface area contributed by atoms with Gasteiger partial charge in [0, 0.05) is 43.1 Å². The zero-order valence-corrected chi connectivity index (χ0v) is 18.4. The number of halogens is 1. The molecule has 1 aliphatic rings. The zero-order chi connectivity index (χ0) is 20.9. The Bertz CT molecular complexity index is 1020. The van der Waals surface area contributed by atoms with Crippen LogP contribution in [0.3, 0.4) is 0 Å². The predicted octanol–water partition coefficient (Wildman–Crippen LogP) is 4.45. The average Bonchev–Trinajstić information content (AvgIpc) is 2.79. The van der Waals surface area contributed by atoms with Crippen molar-refractivity contribution >= 4 is 29.3 Å². The molecule has 8 heteroatoms. The molecule has 0 unspecified atom stereocenters. The highest BCUT2D eigenvalue weighted by Crippen LogP contribution is 2.36. The third-order valence-electron chi connectivity index (χ3n) is 5.32. The lowest BCUT2D eigenvalue weighted by Crippen LogP contribution is -2.46. The van der Waals surface area contributed by atoms with Crippen LogP contribution in [0, 0.1) is 0 Å². The second-order valence-electron chi connectivity index (χ2n) is 7.16. The van der Waals surface area contributed by atoms with Crippen LogP contribution in [0.5, 0.6) is 11.5 Å². The fourth-order valence-electron chi connectivity index (χ4n) is 3.79. The molecular formula is C23H26ClN3O4. The van der Waals surface area contributed by atoms with Crippen LogP contribution in [0.4, 0.5) is 4.79 Å². The van der Waals surface area contributed by atoms with E-state index in [1.165, 1.54) is 7.11 Å². The molecule has 1 aromatic heterocycles. The van der Waals surface area contributed by atoms with Gasteiger partial charge in [-0.1, -0.05) is 24.3 Å². The summed E-state index contributed by atoms with van der Waals surface area (Å²) in [5, 5.41) is 1.04. The number of hydrogen-bond donors (Lipinski definition) is 1. The minimum absolute atomic E-state index is 0.